The van der Waals surface area contributed by atoms with Crippen molar-refractivity contribution in [3.8, 4) is 5.75 Å². The number of hydrogen-bond acceptors (Lipinski definition) is 4. The number of benzene rings is 1. The van der Waals surface area contributed by atoms with Gasteiger partial charge in [0.05, 0.1) is 17.6 Å². The van der Waals surface area contributed by atoms with Crippen molar-refractivity contribution < 1.29 is 18.3 Å². The topological polar surface area (TPSA) is 63.6 Å². The fourth-order valence-corrected chi connectivity index (χ4v) is 5.03. The second-order valence-corrected chi connectivity index (χ2v) is 8.71. The van der Waals surface area contributed by atoms with Crippen LogP contribution in [0.1, 0.15) is 37.5 Å². The molecule has 0 amide bonds. The second kappa shape index (κ2) is 4.46. The quantitative estimate of drug-likeness (QED) is 0.905. The van der Waals surface area contributed by atoms with Crippen LogP contribution in [0.5, 0.6) is 5.75 Å². The lowest BCUT2D eigenvalue weighted by Gasteiger charge is -2.22. The Kier molecular flexibility index (Phi) is 3.10. The monoisotopic (exact) mass is 296 g/mol. The molecular weight excluding hydrogens is 276 g/mol. The summed E-state index contributed by atoms with van der Waals surface area (Å²) in [6.07, 6.45) is 0.568. The molecule has 4 nitrogen and oxygen atoms in total. The summed E-state index contributed by atoms with van der Waals surface area (Å²) in [6.45, 7) is 4.03. The second-order valence-electron chi connectivity index (χ2n) is 6.48. The molecule has 20 heavy (non-hydrogen) atoms. The number of aliphatic hydroxyl groups excluding tert-OH is 1. The van der Waals surface area contributed by atoms with Crippen LogP contribution in [0.25, 0.3) is 0 Å². The first kappa shape index (κ1) is 13.9. The zero-order valence-corrected chi connectivity index (χ0v) is 12.6. The first-order valence-electron chi connectivity index (χ1n) is 6.97. The average Bonchev–Trinajstić information content (AvgIpc) is 2.85. The van der Waals surface area contributed by atoms with Crippen molar-refractivity contribution in [1.29, 1.82) is 0 Å². The highest BCUT2D eigenvalue weighted by Gasteiger charge is 2.38. The molecule has 0 bridgehead atoms. The Morgan fingerprint density at radius 2 is 2.15 bits per heavy atom. The van der Waals surface area contributed by atoms with Crippen molar-refractivity contribution >= 4 is 9.84 Å². The Morgan fingerprint density at radius 3 is 2.80 bits per heavy atom. The maximum atomic E-state index is 11.6. The normalized spacial score (nSPS) is 27.9. The third-order valence-electron chi connectivity index (χ3n) is 4.15. The van der Waals surface area contributed by atoms with Crippen molar-refractivity contribution in [2.45, 2.75) is 38.4 Å². The van der Waals surface area contributed by atoms with Crippen molar-refractivity contribution in [2.75, 3.05) is 11.5 Å². The summed E-state index contributed by atoms with van der Waals surface area (Å²) in [7, 11) is -2.99. The van der Waals surface area contributed by atoms with Gasteiger partial charge in [0.1, 0.15) is 11.4 Å². The molecule has 1 saturated heterocycles. The standard InChI is InChI=1S/C15H20O4S/c1-15(2)8-10-4-3-5-12(14(10)19-15)13(16)11-6-7-20(17,18)9-11/h3-5,11,13,16H,6-9H2,1-2H3. The molecule has 0 aromatic heterocycles. The summed E-state index contributed by atoms with van der Waals surface area (Å²) in [6, 6.07) is 5.76. The van der Waals surface area contributed by atoms with E-state index in [9.17, 15) is 13.5 Å². The predicted octanol–water partition coefficient (Wildman–Crippen LogP) is 1.87. The van der Waals surface area contributed by atoms with Gasteiger partial charge in [-0.2, -0.15) is 0 Å². The molecule has 1 aromatic rings. The summed E-state index contributed by atoms with van der Waals surface area (Å²) in [5.74, 6) is 0.769. The van der Waals surface area contributed by atoms with Gasteiger partial charge in [0.2, 0.25) is 0 Å². The van der Waals surface area contributed by atoms with E-state index in [1.807, 2.05) is 32.0 Å². The van der Waals surface area contributed by atoms with E-state index in [0.717, 1.165) is 23.3 Å². The van der Waals surface area contributed by atoms with Gasteiger partial charge >= 0.3 is 0 Å². The van der Waals surface area contributed by atoms with Crippen LogP contribution < -0.4 is 4.74 Å². The maximum Gasteiger partial charge on any atom is 0.150 e. The van der Waals surface area contributed by atoms with Crippen LogP contribution in [0.4, 0.5) is 0 Å². The maximum absolute atomic E-state index is 11.6. The molecule has 110 valence electrons. The van der Waals surface area contributed by atoms with E-state index in [1.54, 1.807) is 0 Å². The van der Waals surface area contributed by atoms with E-state index in [1.165, 1.54) is 0 Å². The van der Waals surface area contributed by atoms with Gasteiger partial charge < -0.3 is 9.84 Å². The van der Waals surface area contributed by atoms with Gasteiger partial charge in [-0.3, -0.25) is 0 Å². The number of rotatable bonds is 2. The van der Waals surface area contributed by atoms with E-state index in [2.05, 4.69) is 0 Å². The highest BCUT2D eigenvalue weighted by Crippen LogP contribution is 2.43. The van der Waals surface area contributed by atoms with Gasteiger partial charge in [0.15, 0.2) is 9.84 Å². The summed E-state index contributed by atoms with van der Waals surface area (Å²) in [5, 5.41) is 10.5. The fraction of sp³-hybridized carbons (Fsp3) is 0.600. The van der Waals surface area contributed by atoms with E-state index in [4.69, 9.17) is 4.74 Å². The smallest absolute Gasteiger partial charge is 0.150 e. The average molecular weight is 296 g/mol. The molecule has 2 unspecified atom stereocenters. The molecule has 2 atom stereocenters. The van der Waals surface area contributed by atoms with Crippen LogP contribution in [0.3, 0.4) is 0 Å². The molecule has 0 aliphatic carbocycles. The summed E-state index contributed by atoms with van der Waals surface area (Å²) in [5.41, 5.74) is 1.56. The van der Waals surface area contributed by atoms with Crippen molar-refractivity contribution in [1.82, 2.24) is 0 Å². The fourth-order valence-electron chi connectivity index (χ4n) is 3.20. The third kappa shape index (κ3) is 2.44. The molecule has 2 heterocycles. The van der Waals surface area contributed by atoms with E-state index in [0.29, 0.717) is 6.42 Å². The predicted molar refractivity (Wildman–Crippen MR) is 76.6 cm³/mol. The Bertz CT molecular complexity index is 633. The lowest BCUT2D eigenvalue weighted by molar-refractivity contribution is 0.103. The van der Waals surface area contributed by atoms with Crippen LogP contribution >= 0.6 is 0 Å². The number of fused-ring (bicyclic) bond motifs is 1. The summed E-state index contributed by atoms with van der Waals surface area (Å²) < 4.78 is 29.1. The van der Waals surface area contributed by atoms with Crippen LogP contribution in [-0.2, 0) is 16.3 Å². The minimum atomic E-state index is -2.99. The highest BCUT2D eigenvalue weighted by molar-refractivity contribution is 7.91. The minimum Gasteiger partial charge on any atom is -0.487 e. The molecule has 2 aliphatic rings. The lowest BCUT2D eigenvalue weighted by Crippen LogP contribution is -2.25. The number of hydrogen-bond donors (Lipinski definition) is 1. The Hall–Kier alpha value is -1.07. The molecule has 0 saturated carbocycles. The van der Waals surface area contributed by atoms with Gasteiger partial charge in [0, 0.05) is 17.9 Å². The molecule has 0 radical (unpaired) electrons. The van der Waals surface area contributed by atoms with Crippen LogP contribution in [0.15, 0.2) is 18.2 Å². The lowest BCUT2D eigenvalue weighted by atomic mass is 9.92. The molecule has 3 rings (SSSR count). The number of ether oxygens (including phenoxy) is 1. The van der Waals surface area contributed by atoms with Gasteiger partial charge in [-0.1, -0.05) is 18.2 Å². The number of para-hydroxylation sites is 1. The molecule has 1 N–H and O–H groups in total. The van der Waals surface area contributed by atoms with Gasteiger partial charge in [0.25, 0.3) is 0 Å². The van der Waals surface area contributed by atoms with E-state index in [-0.39, 0.29) is 23.0 Å². The van der Waals surface area contributed by atoms with Crippen LogP contribution in [0.2, 0.25) is 0 Å². The summed E-state index contributed by atoms with van der Waals surface area (Å²) >= 11 is 0. The van der Waals surface area contributed by atoms with Crippen LogP contribution in [0, 0.1) is 5.92 Å². The van der Waals surface area contributed by atoms with Crippen molar-refractivity contribution in [3.63, 3.8) is 0 Å². The zero-order valence-electron chi connectivity index (χ0n) is 11.8. The number of aliphatic hydroxyl groups is 1. The van der Waals surface area contributed by atoms with Crippen molar-refractivity contribution in [2.24, 2.45) is 5.92 Å². The molecule has 1 aromatic carbocycles. The molecule has 0 spiro atoms. The van der Waals surface area contributed by atoms with Gasteiger partial charge in [-0.15, -0.1) is 0 Å². The Morgan fingerprint density at radius 1 is 1.40 bits per heavy atom. The Balaban J connectivity index is 1.91. The minimum absolute atomic E-state index is 0.0707. The molecule has 2 aliphatic heterocycles. The first-order valence-corrected chi connectivity index (χ1v) is 8.79. The van der Waals surface area contributed by atoms with E-state index >= 15 is 0 Å². The first-order chi connectivity index (χ1) is 9.27. The van der Waals surface area contributed by atoms with Crippen molar-refractivity contribution in [3.05, 3.63) is 29.3 Å². The van der Waals surface area contributed by atoms with Gasteiger partial charge in [-0.25, -0.2) is 8.42 Å². The largest absolute Gasteiger partial charge is 0.487 e. The van der Waals surface area contributed by atoms with E-state index < -0.39 is 15.9 Å². The summed E-state index contributed by atoms with van der Waals surface area (Å²) in [4.78, 5) is 0. The van der Waals surface area contributed by atoms with Crippen LogP contribution in [-0.4, -0.2) is 30.6 Å². The van der Waals surface area contributed by atoms with Gasteiger partial charge in [-0.05, 0) is 25.8 Å². The highest BCUT2D eigenvalue weighted by atomic mass is 32.2. The zero-order chi connectivity index (χ0) is 14.5. The Labute approximate surface area is 119 Å². The number of sulfone groups is 1. The molecular formula is C15H20O4S. The third-order valence-corrected chi connectivity index (χ3v) is 5.95. The molecule has 1 fully saturated rings. The molecule has 5 heteroatoms. The SMILES string of the molecule is CC1(C)Cc2cccc(C(O)C3CCS(=O)(=O)C3)c2O1.